The first-order valence-electron chi connectivity index (χ1n) is 10.3. The van der Waals surface area contributed by atoms with Crippen molar-refractivity contribution < 1.29 is 12.9 Å². The zero-order chi connectivity index (χ0) is 21.6. The second kappa shape index (κ2) is 11.3. The highest BCUT2D eigenvalue weighted by Gasteiger charge is 2.29. The van der Waals surface area contributed by atoms with Crippen LogP contribution in [0.15, 0.2) is 52.2 Å². The van der Waals surface area contributed by atoms with Crippen LogP contribution in [0.1, 0.15) is 32.0 Å². The predicted octanol–water partition coefficient (Wildman–Crippen LogP) is 2.68. The van der Waals surface area contributed by atoms with Crippen molar-refractivity contribution in [3.63, 3.8) is 0 Å². The van der Waals surface area contributed by atoms with Crippen LogP contribution in [0.4, 0.5) is 0 Å². The topological polar surface area (TPSA) is 91.0 Å². The lowest BCUT2D eigenvalue weighted by atomic mass is 9.85. The molecule has 0 amide bonds. The maximum absolute atomic E-state index is 12.6. The van der Waals surface area contributed by atoms with Crippen molar-refractivity contribution >= 4 is 40.0 Å². The van der Waals surface area contributed by atoms with Crippen molar-refractivity contribution in [2.45, 2.75) is 31.9 Å². The minimum Gasteiger partial charge on any atom is -0.364 e. The lowest BCUT2D eigenvalue weighted by Crippen LogP contribution is -2.54. The van der Waals surface area contributed by atoms with Crippen molar-refractivity contribution in [1.29, 1.82) is 0 Å². The molecular formula is C21H32IN5O3S. The number of rotatable bonds is 7. The molecule has 2 heterocycles. The number of aromatic nitrogens is 1. The van der Waals surface area contributed by atoms with Gasteiger partial charge in [0.1, 0.15) is 12.0 Å². The first-order valence-corrected chi connectivity index (χ1v) is 11.9. The van der Waals surface area contributed by atoms with E-state index in [-0.39, 0.29) is 35.1 Å². The molecule has 1 fully saturated rings. The van der Waals surface area contributed by atoms with Gasteiger partial charge in [-0.25, -0.2) is 8.42 Å². The monoisotopic (exact) mass is 561 g/mol. The Bertz CT molecular complexity index is 925. The summed E-state index contributed by atoms with van der Waals surface area (Å²) >= 11 is 0. The van der Waals surface area contributed by atoms with E-state index in [1.165, 1.54) is 16.1 Å². The molecular weight excluding hydrogens is 529 g/mol. The van der Waals surface area contributed by atoms with Gasteiger partial charge >= 0.3 is 0 Å². The molecule has 1 N–H and O–H groups in total. The summed E-state index contributed by atoms with van der Waals surface area (Å²) in [5, 5.41) is 7.07. The Morgan fingerprint density at radius 3 is 2.42 bits per heavy atom. The molecule has 0 aliphatic carbocycles. The summed E-state index contributed by atoms with van der Waals surface area (Å²) in [5.41, 5.74) is 1.58. The highest BCUT2D eigenvalue weighted by Crippen LogP contribution is 2.23. The molecule has 1 saturated heterocycles. The molecule has 1 aromatic carbocycles. The van der Waals surface area contributed by atoms with Gasteiger partial charge in [-0.3, -0.25) is 4.99 Å². The number of nitrogens with zero attached hydrogens (tertiary/aromatic N) is 4. The average molecular weight is 561 g/mol. The van der Waals surface area contributed by atoms with E-state index in [4.69, 9.17) is 9.52 Å². The number of halogens is 1. The van der Waals surface area contributed by atoms with Crippen molar-refractivity contribution in [3.05, 3.63) is 53.9 Å². The highest BCUT2D eigenvalue weighted by molar-refractivity contribution is 14.0. The van der Waals surface area contributed by atoms with Crippen molar-refractivity contribution in [2.24, 2.45) is 4.99 Å². The van der Waals surface area contributed by atoms with Crippen LogP contribution in [0.2, 0.25) is 0 Å². The van der Waals surface area contributed by atoms with Crippen LogP contribution < -0.4 is 5.32 Å². The summed E-state index contributed by atoms with van der Waals surface area (Å²) in [6.07, 6.45) is 1.39. The predicted molar refractivity (Wildman–Crippen MR) is 133 cm³/mol. The van der Waals surface area contributed by atoms with Crippen LogP contribution in [0, 0.1) is 0 Å². The second-order valence-corrected chi connectivity index (χ2v) is 10.0. The van der Waals surface area contributed by atoms with Gasteiger partial charge in [0, 0.05) is 44.2 Å². The maximum Gasteiger partial charge on any atom is 0.220 e. The van der Waals surface area contributed by atoms with E-state index >= 15 is 0 Å². The van der Waals surface area contributed by atoms with E-state index in [0.717, 1.165) is 12.5 Å². The van der Waals surface area contributed by atoms with Gasteiger partial charge in [0.2, 0.25) is 10.0 Å². The normalized spacial score (nSPS) is 16.1. The molecule has 1 aliphatic rings. The molecule has 1 aromatic heterocycles. The maximum atomic E-state index is 12.6. The minimum absolute atomic E-state index is 0. The number of nitrogens with one attached hydrogen (secondary N) is 1. The third-order valence-electron chi connectivity index (χ3n) is 5.27. The smallest absolute Gasteiger partial charge is 0.220 e. The number of aliphatic imine (C=N–C) groups is 1. The van der Waals surface area contributed by atoms with E-state index in [1.54, 1.807) is 6.07 Å². The molecule has 3 rings (SSSR count). The minimum atomic E-state index is -3.42. The number of piperazine rings is 1. The standard InChI is InChI=1S/C21H31N5O3S.HI/c1-4-22-20(23-17-21(2,3)18-8-6-5-7-9-18)25-11-13-26(14-12-25)30(27,28)16-19-10-15-29-24-19;/h5-10,15H,4,11-14,16-17H2,1-3H3,(H,22,23);1H. The van der Waals surface area contributed by atoms with E-state index in [9.17, 15) is 8.42 Å². The largest absolute Gasteiger partial charge is 0.364 e. The number of hydrogen-bond acceptors (Lipinski definition) is 5. The van der Waals surface area contributed by atoms with Crippen LogP contribution in [0.5, 0.6) is 0 Å². The molecule has 0 bridgehead atoms. The quantitative estimate of drug-likeness (QED) is 0.318. The van der Waals surface area contributed by atoms with Gasteiger partial charge in [0.05, 0.1) is 12.2 Å². The zero-order valence-corrected chi connectivity index (χ0v) is 21.5. The Labute approximate surface area is 202 Å². The Balaban J connectivity index is 0.00000341. The molecule has 172 valence electrons. The molecule has 0 spiro atoms. The number of benzene rings is 1. The third-order valence-corrected chi connectivity index (χ3v) is 7.08. The zero-order valence-electron chi connectivity index (χ0n) is 18.3. The van der Waals surface area contributed by atoms with Gasteiger partial charge in [-0.15, -0.1) is 24.0 Å². The summed E-state index contributed by atoms with van der Waals surface area (Å²) < 4.78 is 31.6. The van der Waals surface area contributed by atoms with Crippen LogP contribution in [0.25, 0.3) is 0 Å². The summed E-state index contributed by atoms with van der Waals surface area (Å²) in [4.78, 5) is 7.01. The summed E-state index contributed by atoms with van der Waals surface area (Å²) in [7, 11) is -3.42. The lowest BCUT2D eigenvalue weighted by Gasteiger charge is -2.36. The number of guanidine groups is 1. The SMILES string of the molecule is CCNC(=NCC(C)(C)c1ccccc1)N1CCN(S(=O)(=O)Cc2ccon2)CC1.I. The third kappa shape index (κ3) is 6.91. The fraction of sp³-hybridized carbons (Fsp3) is 0.524. The van der Waals surface area contributed by atoms with Crippen LogP contribution in [0.3, 0.4) is 0 Å². The van der Waals surface area contributed by atoms with Gasteiger partial charge in [-0.1, -0.05) is 49.3 Å². The molecule has 31 heavy (non-hydrogen) atoms. The number of hydrogen-bond donors (Lipinski definition) is 1. The molecule has 0 atom stereocenters. The Hall–Kier alpha value is -1.66. The Morgan fingerprint density at radius 2 is 1.84 bits per heavy atom. The van der Waals surface area contributed by atoms with Gasteiger partial charge in [-0.2, -0.15) is 4.31 Å². The van der Waals surface area contributed by atoms with E-state index in [0.29, 0.717) is 38.4 Å². The molecule has 8 nitrogen and oxygen atoms in total. The molecule has 1 aliphatic heterocycles. The first-order chi connectivity index (χ1) is 14.3. The van der Waals surface area contributed by atoms with E-state index in [2.05, 4.69) is 41.4 Å². The highest BCUT2D eigenvalue weighted by atomic mass is 127. The van der Waals surface area contributed by atoms with Crippen LogP contribution >= 0.6 is 24.0 Å². The van der Waals surface area contributed by atoms with Crippen molar-refractivity contribution in [3.8, 4) is 0 Å². The molecule has 10 heteroatoms. The summed E-state index contributed by atoms with van der Waals surface area (Å²) in [5.74, 6) is 0.693. The van der Waals surface area contributed by atoms with Crippen molar-refractivity contribution in [1.82, 2.24) is 19.7 Å². The summed E-state index contributed by atoms with van der Waals surface area (Å²) in [6.45, 7) is 9.84. The first kappa shape index (κ1) is 25.6. The van der Waals surface area contributed by atoms with E-state index in [1.807, 2.05) is 25.1 Å². The molecule has 0 radical (unpaired) electrons. The fourth-order valence-corrected chi connectivity index (χ4v) is 4.87. The number of sulfonamides is 1. The molecule has 0 unspecified atom stereocenters. The van der Waals surface area contributed by atoms with Gasteiger partial charge in [0.25, 0.3) is 0 Å². The van der Waals surface area contributed by atoms with Crippen molar-refractivity contribution in [2.75, 3.05) is 39.3 Å². The van der Waals surface area contributed by atoms with Crippen LogP contribution in [-0.2, 0) is 21.2 Å². The van der Waals surface area contributed by atoms with E-state index < -0.39 is 10.0 Å². The van der Waals surface area contributed by atoms with Crippen LogP contribution in [-0.4, -0.2) is 68.0 Å². The Morgan fingerprint density at radius 1 is 1.16 bits per heavy atom. The summed E-state index contributed by atoms with van der Waals surface area (Å²) in [6, 6.07) is 11.9. The average Bonchev–Trinajstić information content (AvgIpc) is 3.24. The molecule has 2 aromatic rings. The second-order valence-electron chi connectivity index (χ2n) is 8.05. The lowest BCUT2D eigenvalue weighted by molar-refractivity contribution is 0.259. The Kier molecular flexibility index (Phi) is 9.31. The van der Waals surface area contributed by atoms with Gasteiger partial charge < -0.3 is 14.7 Å². The fourth-order valence-electron chi connectivity index (χ4n) is 3.45. The van der Waals surface area contributed by atoms with Gasteiger partial charge in [-0.05, 0) is 12.5 Å². The van der Waals surface area contributed by atoms with Gasteiger partial charge in [0.15, 0.2) is 5.96 Å². The molecule has 0 saturated carbocycles.